The van der Waals surface area contributed by atoms with E-state index < -0.39 is 5.97 Å². The third-order valence-corrected chi connectivity index (χ3v) is 2.45. The molecular weight excluding hydrogens is 188 g/mol. The van der Waals surface area contributed by atoms with Gasteiger partial charge in [-0.05, 0) is 43.0 Å². The zero-order valence-corrected chi connectivity index (χ0v) is 8.67. The Morgan fingerprint density at radius 2 is 2.20 bits per heavy atom. The third-order valence-electron chi connectivity index (χ3n) is 2.45. The van der Waals surface area contributed by atoms with Crippen molar-refractivity contribution in [1.29, 1.82) is 0 Å². The standard InChI is InChI=1S/C13H12O2/c1-2-15-13(14)8-4-10-3-5-11-6-7-12(11)9-10/h3,5,9H,2,6-7H2,1H3. The van der Waals surface area contributed by atoms with Crippen molar-refractivity contribution in [3.8, 4) is 11.8 Å². The molecule has 0 heterocycles. The van der Waals surface area contributed by atoms with E-state index in [-0.39, 0.29) is 0 Å². The molecule has 1 aromatic rings. The molecule has 0 saturated heterocycles. The summed E-state index contributed by atoms with van der Waals surface area (Å²) >= 11 is 0. The number of esters is 1. The highest BCUT2D eigenvalue weighted by Crippen LogP contribution is 2.23. The Hall–Kier alpha value is -1.75. The fourth-order valence-corrected chi connectivity index (χ4v) is 1.56. The molecule has 15 heavy (non-hydrogen) atoms. The Kier molecular flexibility index (Phi) is 2.73. The van der Waals surface area contributed by atoms with E-state index in [1.807, 2.05) is 12.1 Å². The molecule has 0 aromatic heterocycles. The van der Waals surface area contributed by atoms with E-state index in [1.54, 1.807) is 6.92 Å². The SMILES string of the molecule is CCOC(=O)C#Cc1ccc2c(c1)CC2. The molecule has 2 rings (SSSR count). The molecule has 1 aliphatic carbocycles. The van der Waals surface area contributed by atoms with Gasteiger partial charge < -0.3 is 4.74 Å². The average Bonchev–Trinajstić information content (AvgIpc) is 2.19. The number of carbonyl (C=O) groups is 1. The van der Waals surface area contributed by atoms with Crippen LogP contribution in [-0.2, 0) is 22.4 Å². The highest BCUT2D eigenvalue weighted by atomic mass is 16.5. The first-order chi connectivity index (χ1) is 7.29. The first kappa shape index (κ1) is 9.79. The molecule has 0 fully saturated rings. The smallest absolute Gasteiger partial charge is 0.384 e. The average molecular weight is 200 g/mol. The highest BCUT2D eigenvalue weighted by molar-refractivity contribution is 5.89. The Balaban J connectivity index is 2.10. The molecule has 76 valence electrons. The summed E-state index contributed by atoms with van der Waals surface area (Å²) in [6.07, 6.45) is 2.30. The molecule has 0 aliphatic heterocycles. The molecule has 0 saturated carbocycles. The molecular formula is C13H12O2. The van der Waals surface area contributed by atoms with Gasteiger partial charge in [0.15, 0.2) is 0 Å². The van der Waals surface area contributed by atoms with Crippen LogP contribution in [0.2, 0.25) is 0 Å². The molecule has 0 atom stereocenters. The van der Waals surface area contributed by atoms with Crippen molar-refractivity contribution < 1.29 is 9.53 Å². The molecule has 0 bridgehead atoms. The van der Waals surface area contributed by atoms with Gasteiger partial charge in [-0.3, -0.25) is 0 Å². The normalized spacial score (nSPS) is 11.8. The maximum atomic E-state index is 11.0. The number of hydrogen-bond acceptors (Lipinski definition) is 2. The Morgan fingerprint density at radius 1 is 1.40 bits per heavy atom. The summed E-state index contributed by atoms with van der Waals surface area (Å²) < 4.78 is 4.72. The fraction of sp³-hybridized carbons (Fsp3) is 0.308. The van der Waals surface area contributed by atoms with Crippen LogP contribution in [0, 0.1) is 11.8 Å². The maximum Gasteiger partial charge on any atom is 0.384 e. The summed E-state index contributed by atoms with van der Waals surface area (Å²) in [7, 11) is 0. The summed E-state index contributed by atoms with van der Waals surface area (Å²) in [5, 5.41) is 0. The number of fused-ring (bicyclic) bond motifs is 1. The van der Waals surface area contributed by atoms with Crippen LogP contribution in [0.3, 0.4) is 0 Å². The van der Waals surface area contributed by atoms with Crippen LogP contribution in [-0.4, -0.2) is 12.6 Å². The summed E-state index contributed by atoms with van der Waals surface area (Å²) in [6.45, 7) is 2.14. The summed E-state index contributed by atoms with van der Waals surface area (Å²) in [6, 6.07) is 6.07. The number of benzene rings is 1. The zero-order valence-electron chi connectivity index (χ0n) is 8.67. The van der Waals surface area contributed by atoms with Crippen LogP contribution in [0.15, 0.2) is 18.2 Å². The molecule has 0 spiro atoms. The number of carbonyl (C=O) groups excluding carboxylic acids is 1. The van der Waals surface area contributed by atoms with Crippen LogP contribution < -0.4 is 0 Å². The van der Waals surface area contributed by atoms with E-state index in [9.17, 15) is 4.79 Å². The molecule has 1 aliphatic rings. The second-order valence-corrected chi connectivity index (χ2v) is 3.45. The largest absolute Gasteiger partial charge is 0.456 e. The van der Waals surface area contributed by atoms with Gasteiger partial charge in [0.1, 0.15) is 0 Å². The van der Waals surface area contributed by atoms with E-state index in [1.165, 1.54) is 17.5 Å². The number of aryl methyl sites for hydroxylation is 2. The van der Waals surface area contributed by atoms with Gasteiger partial charge >= 0.3 is 5.97 Å². The van der Waals surface area contributed by atoms with Crippen LogP contribution in [0.25, 0.3) is 0 Å². The van der Waals surface area contributed by atoms with E-state index in [0.717, 1.165) is 12.0 Å². The lowest BCUT2D eigenvalue weighted by molar-refractivity contribution is -0.136. The van der Waals surface area contributed by atoms with E-state index in [2.05, 4.69) is 17.9 Å². The predicted octanol–water partition coefficient (Wildman–Crippen LogP) is 1.70. The van der Waals surface area contributed by atoms with Crippen molar-refractivity contribution in [2.75, 3.05) is 6.61 Å². The van der Waals surface area contributed by atoms with Gasteiger partial charge in [0, 0.05) is 11.5 Å². The van der Waals surface area contributed by atoms with Crippen molar-refractivity contribution in [3.63, 3.8) is 0 Å². The lowest BCUT2D eigenvalue weighted by Gasteiger charge is -2.17. The predicted molar refractivity (Wildman–Crippen MR) is 57.4 cm³/mol. The number of ether oxygens (including phenoxy) is 1. The van der Waals surface area contributed by atoms with Gasteiger partial charge in [0.05, 0.1) is 6.61 Å². The summed E-state index contributed by atoms with van der Waals surface area (Å²) in [5.74, 6) is 4.81. The molecule has 1 aromatic carbocycles. The lowest BCUT2D eigenvalue weighted by Crippen LogP contribution is -2.07. The van der Waals surface area contributed by atoms with Crippen LogP contribution >= 0.6 is 0 Å². The second-order valence-electron chi connectivity index (χ2n) is 3.45. The molecule has 0 N–H and O–H groups in total. The summed E-state index contributed by atoms with van der Waals surface area (Å²) in [5.41, 5.74) is 3.64. The molecule has 0 radical (unpaired) electrons. The van der Waals surface area contributed by atoms with Crippen LogP contribution in [0.5, 0.6) is 0 Å². The van der Waals surface area contributed by atoms with Crippen LogP contribution in [0.1, 0.15) is 23.6 Å². The van der Waals surface area contributed by atoms with Crippen molar-refractivity contribution in [2.45, 2.75) is 19.8 Å². The number of rotatable bonds is 1. The van der Waals surface area contributed by atoms with Gasteiger partial charge in [-0.1, -0.05) is 12.0 Å². The van der Waals surface area contributed by atoms with Crippen LogP contribution in [0.4, 0.5) is 0 Å². The van der Waals surface area contributed by atoms with E-state index in [4.69, 9.17) is 4.74 Å². The van der Waals surface area contributed by atoms with Gasteiger partial charge in [-0.15, -0.1) is 0 Å². The van der Waals surface area contributed by atoms with Gasteiger partial charge in [0.2, 0.25) is 0 Å². The maximum absolute atomic E-state index is 11.0. The highest BCUT2D eigenvalue weighted by Gasteiger charge is 2.11. The topological polar surface area (TPSA) is 26.3 Å². The Morgan fingerprint density at radius 3 is 2.80 bits per heavy atom. The van der Waals surface area contributed by atoms with Crippen molar-refractivity contribution in [2.24, 2.45) is 0 Å². The molecule has 0 unspecified atom stereocenters. The van der Waals surface area contributed by atoms with Crippen molar-refractivity contribution in [1.82, 2.24) is 0 Å². The van der Waals surface area contributed by atoms with Gasteiger partial charge in [0.25, 0.3) is 0 Å². The minimum absolute atomic E-state index is 0.373. The molecule has 0 amide bonds. The fourth-order valence-electron chi connectivity index (χ4n) is 1.56. The quantitative estimate of drug-likeness (QED) is 0.509. The van der Waals surface area contributed by atoms with E-state index >= 15 is 0 Å². The third kappa shape index (κ3) is 2.19. The molecule has 2 nitrogen and oxygen atoms in total. The second kappa shape index (κ2) is 4.18. The van der Waals surface area contributed by atoms with E-state index in [0.29, 0.717) is 6.61 Å². The monoisotopic (exact) mass is 200 g/mol. The molecule has 2 heteroatoms. The number of hydrogen-bond donors (Lipinski definition) is 0. The minimum Gasteiger partial charge on any atom is -0.456 e. The van der Waals surface area contributed by atoms with Crippen molar-refractivity contribution in [3.05, 3.63) is 34.9 Å². The zero-order chi connectivity index (χ0) is 10.7. The first-order valence-corrected chi connectivity index (χ1v) is 5.10. The minimum atomic E-state index is -0.458. The summed E-state index contributed by atoms with van der Waals surface area (Å²) in [4.78, 5) is 11.0. The first-order valence-electron chi connectivity index (χ1n) is 5.10. The lowest BCUT2D eigenvalue weighted by atomic mass is 9.87. The Labute approximate surface area is 89.3 Å². The van der Waals surface area contributed by atoms with Crippen molar-refractivity contribution >= 4 is 5.97 Å². The van der Waals surface area contributed by atoms with Gasteiger partial charge in [-0.2, -0.15) is 0 Å². The Bertz CT molecular complexity index is 449. The van der Waals surface area contributed by atoms with Gasteiger partial charge in [-0.25, -0.2) is 4.79 Å².